The van der Waals surface area contributed by atoms with Crippen LogP contribution < -0.4 is 0 Å². The van der Waals surface area contributed by atoms with E-state index in [9.17, 15) is 4.79 Å². The number of unbranched alkanes of at least 4 members (excludes halogenated alkanes) is 1. The molecule has 0 aliphatic rings. The largest absolute Gasteiger partial charge is 0.345 e. The first-order valence-electron chi connectivity index (χ1n) is 5.57. The fourth-order valence-corrected chi connectivity index (χ4v) is 1.15. The van der Waals surface area contributed by atoms with Gasteiger partial charge in [-0.15, -0.1) is 0 Å². The van der Waals surface area contributed by atoms with Crippen LogP contribution >= 0.6 is 0 Å². The van der Waals surface area contributed by atoms with E-state index in [1.54, 1.807) is 0 Å². The zero-order valence-corrected chi connectivity index (χ0v) is 10.2. The standard InChI is InChI=1S/C11H22O4/c1-5-7-8-10(12)13-15-14-11(3,4)9-6-2/h5-9H2,1-4H3. The Hall–Kier alpha value is -0.610. The van der Waals surface area contributed by atoms with Crippen LogP contribution in [0.4, 0.5) is 0 Å². The molecule has 0 saturated heterocycles. The summed E-state index contributed by atoms with van der Waals surface area (Å²) in [4.78, 5) is 20.5. The highest BCUT2D eigenvalue weighted by Crippen LogP contribution is 2.16. The smallest absolute Gasteiger partial charge is 0.269 e. The molecule has 0 atom stereocenters. The van der Waals surface area contributed by atoms with E-state index in [0.717, 1.165) is 25.7 Å². The van der Waals surface area contributed by atoms with Gasteiger partial charge in [0.25, 0.3) is 0 Å². The Kier molecular flexibility index (Phi) is 7.34. The molecule has 0 bridgehead atoms. The summed E-state index contributed by atoms with van der Waals surface area (Å²) in [6.07, 6.45) is 3.96. The monoisotopic (exact) mass is 218 g/mol. The number of carbonyl (C=O) groups is 1. The van der Waals surface area contributed by atoms with Crippen molar-refractivity contribution in [3.63, 3.8) is 0 Å². The zero-order chi connectivity index (χ0) is 11.7. The van der Waals surface area contributed by atoms with E-state index in [2.05, 4.69) is 16.8 Å². The fourth-order valence-electron chi connectivity index (χ4n) is 1.15. The summed E-state index contributed by atoms with van der Waals surface area (Å²) in [5.41, 5.74) is -0.417. The summed E-state index contributed by atoms with van der Waals surface area (Å²) >= 11 is 0. The average Bonchev–Trinajstić information content (AvgIpc) is 2.14. The molecule has 0 N–H and O–H groups in total. The van der Waals surface area contributed by atoms with Crippen molar-refractivity contribution in [2.45, 2.75) is 65.4 Å². The van der Waals surface area contributed by atoms with Crippen LogP contribution in [0.3, 0.4) is 0 Å². The van der Waals surface area contributed by atoms with Gasteiger partial charge >= 0.3 is 5.97 Å². The van der Waals surface area contributed by atoms with Crippen LogP contribution in [0.1, 0.15) is 59.8 Å². The maximum Gasteiger partial charge on any atom is 0.345 e. The van der Waals surface area contributed by atoms with Crippen molar-refractivity contribution in [1.29, 1.82) is 0 Å². The molecule has 4 heteroatoms. The minimum Gasteiger partial charge on any atom is -0.269 e. The molecule has 0 amide bonds. The summed E-state index contributed by atoms with van der Waals surface area (Å²) in [5, 5.41) is 4.46. The van der Waals surface area contributed by atoms with E-state index in [1.165, 1.54) is 0 Å². The van der Waals surface area contributed by atoms with Crippen molar-refractivity contribution in [3.8, 4) is 0 Å². The van der Waals surface area contributed by atoms with E-state index < -0.39 is 5.60 Å². The third kappa shape index (κ3) is 8.39. The lowest BCUT2D eigenvalue weighted by Crippen LogP contribution is -2.25. The van der Waals surface area contributed by atoms with E-state index in [1.807, 2.05) is 20.8 Å². The molecule has 0 fully saturated rings. The van der Waals surface area contributed by atoms with Gasteiger partial charge in [-0.1, -0.05) is 26.7 Å². The van der Waals surface area contributed by atoms with Gasteiger partial charge in [0.2, 0.25) is 0 Å². The van der Waals surface area contributed by atoms with E-state index in [4.69, 9.17) is 4.89 Å². The summed E-state index contributed by atoms with van der Waals surface area (Å²) in [7, 11) is 0. The first kappa shape index (κ1) is 14.4. The molecule has 0 unspecified atom stereocenters. The fraction of sp³-hybridized carbons (Fsp3) is 0.909. The molecule has 0 heterocycles. The number of hydrogen-bond acceptors (Lipinski definition) is 4. The van der Waals surface area contributed by atoms with Crippen LogP contribution in [0.25, 0.3) is 0 Å². The van der Waals surface area contributed by atoms with Crippen molar-refractivity contribution < 1.29 is 19.6 Å². The van der Waals surface area contributed by atoms with Gasteiger partial charge < -0.3 is 0 Å². The highest BCUT2D eigenvalue weighted by atomic mass is 17.5. The van der Waals surface area contributed by atoms with Crippen LogP contribution in [0.5, 0.6) is 0 Å². The lowest BCUT2D eigenvalue weighted by Gasteiger charge is -2.20. The molecular formula is C11H22O4. The first-order valence-corrected chi connectivity index (χ1v) is 5.57. The van der Waals surface area contributed by atoms with Gasteiger partial charge in [-0.05, 0) is 31.7 Å². The third-order valence-corrected chi connectivity index (χ3v) is 1.97. The first-order chi connectivity index (χ1) is 7.02. The molecule has 0 radical (unpaired) electrons. The van der Waals surface area contributed by atoms with Crippen molar-refractivity contribution in [1.82, 2.24) is 0 Å². The van der Waals surface area contributed by atoms with Crippen LogP contribution in [-0.4, -0.2) is 11.6 Å². The Balaban J connectivity index is 3.55. The quantitative estimate of drug-likeness (QED) is 0.463. The van der Waals surface area contributed by atoms with Crippen LogP contribution in [0, 0.1) is 0 Å². The molecule has 0 aromatic heterocycles. The Morgan fingerprint density at radius 2 is 1.87 bits per heavy atom. The second kappa shape index (κ2) is 7.65. The molecule has 0 rings (SSSR count). The van der Waals surface area contributed by atoms with Crippen LogP contribution in [0.2, 0.25) is 0 Å². The van der Waals surface area contributed by atoms with Crippen molar-refractivity contribution in [2.75, 3.05) is 0 Å². The van der Waals surface area contributed by atoms with Crippen LogP contribution in [0.15, 0.2) is 0 Å². The van der Waals surface area contributed by atoms with Crippen molar-refractivity contribution in [3.05, 3.63) is 0 Å². The Morgan fingerprint density at radius 3 is 2.40 bits per heavy atom. The minimum absolute atomic E-state index is 0.369. The van der Waals surface area contributed by atoms with E-state index in [-0.39, 0.29) is 5.97 Å². The Labute approximate surface area is 91.7 Å². The highest BCUT2D eigenvalue weighted by Gasteiger charge is 2.20. The molecule has 0 saturated carbocycles. The molecule has 4 nitrogen and oxygen atoms in total. The lowest BCUT2D eigenvalue weighted by atomic mass is 10.0. The predicted molar refractivity (Wildman–Crippen MR) is 56.8 cm³/mol. The van der Waals surface area contributed by atoms with E-state index in [0.29, 0.717) is 6.42 Å². The highest BCUT2D eigenvalue weighted by molar-refractivity contribution is 5.68. The van der Waals surface area contributed by atoms with Gasteiger partial charge in [0, 0.05) is 6.42 Å². The van der Waals surface area contributed by atoms with E-state index >= 15 is 0 Å². The van der Waals surface area contributed by atoms with Crippen molar-refractivity contribution in [2.24, 2.45) is 0 Å². The minimum atomic E-state index is -0.417. The number of carbonyl (C=O) groups excluding carboxylic acids is 1. The summed E-state index contributed by atoms with van der Waals surface area (Å²) in [6, 6.07) is 0. The summed E-state index contributed by atoms with van der Waals surface area (Å²) in [5.74, 6) is -0.385. The lowest BCUT2D eigenvalue weighted by molar-refractivity contribution is -0.517. The molecule has 90 valence electrons. The summed E-state index contributed by atoms with van der Waals surface area (Å²) in [6.45, 7) is 7.83. The molecule has 15 heavy (non-hydrogen) atoms. The Morgan fingerprint density at radius 1 is 1.20 bits per heavy atom. The zero-order valence-electron chi connectivity index (χ0n) is 10.2. The van der Waals surface area contributed by atoms with Gasteiger partial charge in [0.1, 0.15) is 5.60 Å². The SMILES string of the molecule is CCCCC(=O)OOOC(C)(C)CCC. The molecule has 0 aromatic rings. The molecule has 0 aromatic carbocycles. The van der Waals surface area contributed by atoms with Gasteiger partial charge in [0.05, 0.1) is 0 Å². The summed E-state index contributed by atoms with van der Waals surface area (Å²) < 4.78 is 0. The van der Waals surface area contributed by atoms with Gasteiger partial charge in [-0.3, -0.25) is 4.89 Å². The molecular weight excluding hydrogens is 196 g/mol. The predicted octanol–water partition coefficient (Wildman–Crippen LogP) is 3.16. The van der Waals surface area contributed by atoms with Crippen LogP contribution in [-0.2, 0) is 19.6 Å². The second-order valence-electron chi connectivity index (χ2n) is 4.22. The van der Waals surface area contributed by atoms with Gasteiger partial charge in [0.15, 0.2) is 0 Å². The number of hydrogen-bond donors (Lipinski definition) is 0. The topological polar surface area (TPSA) is 44.8 Å². The third-order valence-electron chi connectivity index (χ3n) is 1.97. The van der Waals surface area contributed by atoms with Gasteiger partial charge in [-0.25, -0.2) is 4.79 Å². The van der Waals surface area contributed by atoms with Gasteiger partial charge in [-0.2, -0.15) is 4.89 Å². The molecule has 0 spiro atoms. The normalized spacial score (nSPS) is 11.5. The molecule has 0 aliphatic carbocycles. The second-order valence-corrected chi connectivity index (χ2v) is 4.22. The Bertz CT molecular complexity index is 177. The maximum absolute atomic E-state index is 11.0. The average molecular weight is 218 g/mol. The van der Waals surface area contributed by atoms with Crippen molar-refractivity contribution >= 4 is 5.97 Å². The maximum atomic E-state index is 11.0. The molecule has 0 aliphatic heterocycles. The number of rotatable bonds is 8.